The Kier molecular flexibility index (Phi) is 4.21. The zero-order valence-electron chi connectivity index (χ0n) is 15.7. The van der Waals surface area contributed by atoms with Crippen molar-refractivity contribution in [3.05, 3.63) is 132 Å². The monoisotopic (exact) mass is 378 g/mol. The van der Waals surface area contributed by atoms with Crippen LogP contribution in [0.15, 0.2) is 114 Å². The number of fused-ring (bicyclic) bond motifs is 1. The van der Waals surface area contributed by atoms with E-state index in [1.54, 1.807) is 0 Å². The first-order valence-corrected chi connectivity index (χ1v) is 9.61. The van der Waals surface area contributed by atoms with Gasteiger partial charge in [0.1, 0.15) is 11.4 Å². The molecule has 1 aliphatic rings. The molecule has 0 radical (unpaired) electrons. The number of rotatable bonds is 3. The largest absolute Gasteiger partial charge is 0.365 e. The van der Waals surface area contributed by atoms with E-state index < -0.39 is 5.54 Å². The normalized spacial score (nSPS) is 17.8. The molecule has 3 heteroatoms. The minimum atomic E-state index is -0.745. The fraction of sp³-hybridized carbons (Fsp3) is 0.0385. The molecule has 0 fully saturated rings. The summed E-state index contributed by atoms with van der Waals surface area (Å²) in [5.74, 6) is -0.258. The Balaban J connectivity index is 1.86. The summed E-state index contributed by atoms with van der Waals surface area (Å²) in [5, 5.41) is 3.76. The third kappa shape index (κ3) is 2.92. The molecule has 1 N–H and O–H groups in total. The quantitative estimate of drug-likeness (QED) is 0.443. The third-order valence-electron chi connectivity index (χ3n) is 5.34. The van der Waals surface area contributed by atoms with Crippen molar-refractivity contribution < 1.29 is 4.39 Å². The highest BCUT2D eigenvalue weighted by Gasteiger charge is 2.43. The summed E-state index contributed by atoms with van der Waals surface area (Å²) in [4.78, 5) is 5.10. The zero-order chi connectivity index (χ0) is 19.7. The minimum absolute atomic E-state index is 0.258. The van der Waals surface area contributed by atoms with Gasteiger partial charge in [0.25, 0.3) is 0 Å². The van der Waals surface area contributed by atoms with Gasteiger partial charge >= 0.3 is 0 Å². The van der Waals surface area contributed by atoms with Crippen LogP contribution < -0.4 is 5.32 Å². The maximum atomic E-state index is 13.8. The third-order valence-corrected chi connectivity index (χ3v) is 5.34. The summed E-state index contributed by atoms with van der Waals surface area (Å²) in [5.41, 5.74) is 4.97. The van der Waals surface area contributed by atoms with Crippen LogP contribution in [0.4, 0.5) is 15.8 Å². The summed E-state index contributed by atoms with van der Waals surface area (Å²) < 4.78 is 13.8. The van der Waals surface area contributed by atoms with E-state index in [0.29, 0.717) is 0 Å². The average molecular weight is 378 g/mol. The van der Waals surface area contributed by atoms with Crippen LogP contribution in [0.5, 0.6) is 0 Å². The first-order valence-electron chi connectivity index (χ1n) is 9.61. The van der Waals surface area contributed by atoms with E-state index >= 15 is 0 Å². The smallest absolute Gasteiger partial charge is 0.132 e. The van der Waals surface area contributed by atoms with Crippen molar-refractivity contribution in [3.8, 4) is 0 Å². The molecule has 0 saturated carbocycles. The van der Waals surface area contributed by atoms with Crippen molar-refractivity contribution >= 4 is 17.1 Å². The molecule has 0 aliphatic carbocycles. The molecule has 0 spiro atoms. The van der Waals surface area contributed by atoms with E-state index in [0.717, 1.165) is 33.8 Å². The summed E-state index contributed by atoms with van der Waals surface area (Å²) in [6.45, 7) is 0. The molecule has 29 heavy (non-hydrogen) atoms. The van der Waals surface area contributed by atoms with Gasteiger partial charge in [-0.05, 0) is 41.0 Å². The van der Waals surface area contributed by atoms with Gasteiger partial charge in [0.05, 0.1) is 17.1 Å². The molecule has 0 saturated heterocycles. The van der Waals surface area contributed by atoms with Gasteiger partial charge in [-0.2, -0.15) is 0 Å². The Bertz CT molecular complexity index is 1170. The lowest BCUT2D eigenvalue weighted by atomic mass is 9.75. The fourth-order valence-corrected chi connectivity index (χ4v) is 3.99. The molecule has 0 amide bonds. The van der Waals surface area contributed by atoms with Crippen molar-refractivity contribution in [1.29, 1.82) is 0 Å². The molecule has 140 valence electrons. The molecular formula is C26H19FN2. The highest BCUT2D eigenvalue weighted by atomic mass is 19.1. The van der Waals surface area contributed by atoms with Crippen molar-refractivity contribution in [2.75, 3.05) is 5.32 Å². The van der Waals surface area contributed by atoms with Gasteiger partial charge in [0, 0.05) is 0 Å². The number of benzene rings is 4. The Morgan fingerprint density at radius 2 is 1.21 bits per heavy atom. The molecule has 0 aromatic heterocycles. The second-order valence-electron chi connectivity index (χ2n) is 7.09. The molecule has 0 bridgehead atoms. The Morgan fingerprint density at radius 3 is 1.93 bits per heavy atom. The number of anilines is 1. The fourth-order valence-electron chi connectivity index (χ4n) is 3.99. The van der Waals surface area contributed by atoms with Gasteiger partial charge in [0.2, 0.25) is 0 Å². The summed E-state index contributed by atoms with van der Waals surface area (Å²) in [7, 11) is 0. The van der Waals surface area contributed by atoms with Gasteiger partial charge in [-0.1, -0.05) is 84.9 Å². The Morgan fingerprint density at radius 1 is 0.621 bits per heavy atom. The lowest BCUT2D eigenvalue weighted by Crippen LogP contribution is -2.46. The number of nitrogens with zero attached hydrogens (tertiary/aromatic N) is 1. The lowest BCUT2D eigenvalue weighted by Gasteiger charge is -2.41. The van der Waals surface area contributed by atoms with Crippen LogP contribution in [0.1, 0.15) is 16.7 Å². The summed E-state index contributed by atoms with van der Waals surface area (Å²) >= 11 is 0. The van der Waals surface area contributed by atoms with E-state index in [4.69, 9.17) is 4.99 Å². The zero-order valence-corrected chi connectivity index (χ0v) is 15.7. The van der Waals surface area contributed by atoms with Crippen LogP contribution in [0, 0.1) is 5.82 Å². The van der Waals surface area contributed by atoms with Crippen LogP contribution in [0.2, 0.25) is 0 Å². The number of hydrogen-bond acceptors (Lipinski definition) is 2. The molecule has 1 atom stereocenters. The van der Waals surface area contributed by atoms with Crippen molar-refractivity contribution in [1.82, 2.24) is 0 Å². The second kappa shape index (κ2) is 7.02. The number of halogens is 1. The van der Waals surface area contributed by atoms with E-state index in [-0.39, 0.29) is 5.82 Å². The summed E-state index contributed by atoms with van der Waals surface area (Å²) in [6.07, 6.45) is 0. The van der Waals surface area contributed by atoms with Crippen LogP contribution in [-0.4, -0.2) is 5.71 Å². The number of hydrogen-bond donors (Lipinski definition) is 1. The molecule has 4 aromatic carbocycles. The van der Waals surface area contributed by atoms with Crippen molar-refractivity contribution in [2.45, 2.75) is 5.54 Å². The molecule has 5 rings (SSSR count). The van der Waals surface area contributed by atoms with Gasteiger partial charge in [-0.3, -0.25) is 0 Å². The van der Waals surface area contributed by atoms with E-state index in [2.05, 4.69) is 29.6 Å². The van der Waals surface area contributed by atoms with Crippen LogP contribution in [-0.2, 0) is 5.54 Å². The van der Waals surface area contributed by atoms with Gasteiger partial charge < -0.3 is 5.32 Å². The molecular weight excluding hydrogens is 359 g/mol. The number of aliphatic imine (C=N–C) groups is 1. The van der Waals surface area contributed by atoms with E-state index in [1.165, 1.54) is 12.1 Å². The van der Waals surface area contributed by atoms with Gasteiger partial charge in [-0.25, -0.2) is 9.38 Å². The summed E-state index contributed by atoms with van der Waals surface area (Å²) in [6, 6.07) is 35.1. The molecule has 4 aromatic rings. The standard InChI is InChI=1S/C26H19FN2/c27-22-17-15-21(16-18-22)26(20-11-5-2-6-12-20)25(19-9-3-1-4-10-19)28-23-13-7-8-14-24(23)29-26/h1-18,29H/t26-/m0/s1. The first-order chi connectivity index (χ1) is 14.3. The lowest BCUT2D eigenvalue weighted by molar-refractivity contribution is 0.625. The van der Waals surface area contributed by atoms with Crippen LogP contribution in [0.25, 0.3) is 0 Å². The van der Waals surface area contributed by atoms with E-state index in [1.807, 2.05) is 72.8 Å². The Hall–Kier alpha value is -3.72. The van der Waals surface area contributed by atoms with Gasteiger partial charge in [0.15, 0.2) is 0 Å². The van der Waals surface area contributed by atoms with Crippen LogP contribution in [0.3, 0.4) is 0 Å². The maximum absolute atomic E-state index is 13.8. The SMILES string of the molecule is Fc1ccc([C@]2(c3ccccc3)Nc3ccccc3N=C2c2ccccc2)cc1. The predicted octanol–water partition coefficient (Wildman–Crippen LogP) is 6.32. The number of para-hydroxylation sites is 2. The second-order valence-corrected chi connectivity index (χ2v) is 7.09. The predicted molar refractivity (Wildman–Crippen MR) is 116 cm³/mol. The van der Waals surface area contributed by atoms with Gasteiger partial charge in [-0.15, -0.1) is 0 Å². The maximum Gasteiger partial charge on any atom is 0.132 e. The number of nitrogens with one attached hydrogen (secondary N) is 1. The molecule has 0 unspecified atom stereocenters. The van der Waals surface area contributed by atoms with Crippen molar-refractivity contribution in [2.24, 2.45) is 4.99 Å². The van der Waals surface area contributed by atoms with E-state index in [9.17, 15) is 4.39 Å². The van der Waals surface area contributed by atoms with Crippen LogP contribution >= 0.6 is 0 Å². The first kappa shape index (κ1) is 17.4. The molecule has 1 aliphatic heterocycles. The van der Waals surface area contributed by atoms with Crippen molar-refractivity contribution in [3.63, 3.8) is 0 Å². The minimum Gasteiger partial charge on any atom is -0.365 e. The highest BCUT2D eigenvalue weighted by molar-refractivity contribution is 6.15. The molecule has 2 nitrogen and oxygen atoms in total. The topological polar surface area (TPSA) is 24.4 Å². The average Bonchev–Trinajstić information content (AvgIpc) is 2.80. The Labute approximate surface area is 169 Å². The molecule has 1 heterocycles. The highest BCUT2D eigenvalue weighted by Crippen LogP contribution is 2.44.